The minimum Gasteiger partial charge on any atom is -0.509 e. The fourth-order valence-corrected chi connectivity index (χ4v) is 11.3. The second-order valence-electron chi connectivity index (χ2n) is 22.3. The molecule has 0 aliphatic carbocycles. The monoisotopic (exact) mass is 1200 g/mol. The maximum atomic E-state index is 8.88. The summed E-state index contributed by atoms with van der Waals surface area (Å²) in [6.07, 6.45) is 1.86. The summed E-state index contributed by atoms with van der Waals surface area (Å²) in [5, 5.41) is 7.66. The van der Waals surface area contributed by atoms with Crippen molar-refractivity contribution in [3.63, 3.8) is 0 Å². The van der Waals surface area contributed by atoms with Crippen LogP contribution in [0.25, 0.3) is 93.2 Å². The quantitative estimate of drug-likeness (QED) is 0.156. The number of anilines is 2. The second kappa shape index (κ2) is 19.1. The van der Waals surface area contributed by atoms with Gasteiger partial charge in [-0.25, -0.2) is 4.98 Å². The first-order chi connectivity index (χ1) is 40.8. The SMILES string of the molecule is [2H]C([2H])([2H])C(c1cc(-c2cccc3c4ccccc4c4ccccc4c4c(-c5ccccc5)ccc5c4n(c23)[CH-]N5c2[c-]c(Oc3[c-]c4c(cc3)c3ccccc3n4-c3cc(C(C)(C)C)ccn3)ccc2)cc(C(C)(C)C)c1)(C([2H])([2H])[2H])C([2H])([2H])[2H].[Pt]. The van der Waals surface area contributed by atoms with E-state index in [0.717, 1.165) is 87.8 Å². The van der Waals surface area contributed by atoms with Gasteiger partial charge in [-0.2, -0.15) is 12.1 Å². The van der Waals surface area contributed by atoms with Gasteiger partial charge in [0.05, 0.1) is 0 Å². The van der Waals surface area contributed by atoms with Gasteiger partial charge in [-0.1, -0.05) is 213 Å². The summed E-state index contributed by atoms with van der Waals surface area (Å²) in [4.78, 5) is 6.97. The van der Waals surface area contributed by atoms with Crippen molar-refractivity contribution in [3.8, 4) is 39.6 Å². The van der Waals surface area contributed by atoms with Crippen LogP contribution >= 0.6 is 0 Å². The maximum absolute atomic E-state index is 8.88. The summed E-state index contributed by atoms with van der Waals surface area (Å²) >= 11 is 0. The molecule has 5 nitrogen and oxygen atoms in total. The number of ether oxygens (including phenoxy) is 1. The van der Waals surface area contributed by atoms with Crippen LogP contribution in [0.15, 0.2) is 200 Å². The van der Waals surface area contributed by atoms with Crippen molar-refractivity contribution >= 4 is 76.5 Å². The maximum Gasteiger partial charge on any atom is 0.135 e. The number of aromatic nitrogens is 3. The number of nitrogens with zero attached hydrogens (tertiary/aromatic N) is 4. The van der Waals surface area contributed by atoms with Crippen LogP contribution in [0.4, 0.5) is 11.4 Å². The van der Waals surface area contributed by atoms with E-state index in [0.29, 0.717) is 39.4 Å². The minimum absolute atomic E-state index is 0. The third-order valence-corrected chi connectivity index (χ3v) is 15.1. The van der Waals surface area contributed by atoms with E-state index >= 15 is 0 Å². The van der Waals surface area contributed by atoms with Gasteiger partial charge in [-0.15, -0.1) is 35.7 Å². The molecule has 0 fully saturated rings. The normalized spacial score (nSPS) is 14.8. The van der Waals surface area contributed by atoms with E-state index in [2.05, 4.69) is 144 Å². The van der Waals surface area contributed by atoms with Crippen LogP contribution in [-0.4, -0.2) is 14.1 Å². The summed E-state index contributed by atoms with van der Waals surface area (Å²) in [6.45, 7) is 3.97. The topological polar surface area (TPSA) is 35.2 Å². The number of rotatable bonds is 6. The zero-order valence-electron chi connectivity index (χ0n) is 53.1. The molecule has 78 heavy (non-hydrogen) atoms. The van der Waals surface area contributed by atoms with Crippen molar-refractivity contribution in [2.75, 3.05) is 4.90 Å². The van der Waals surface area contributed by atoms with Crippen LogP contribution in [0.2, 0.25) is 0 Å². The predicted octanol–water partition coefficient (Wildman–Crippen LogP) is 19.5. The standard InChI is InChI=1S/C72H61N4O.Pt/c1-70(2,3)48-37-38-73-66(42-48)76-63-32-18-17-28-59(63)60-34-33-53(44-65(60)76)77-52-24-19-23-51(43-52)74-45-75-68-55(47-39-49(71(4,5)6)41-50(40-47)72(7,8)9)30-20-31-62(68)58-27-14-13-25-56(58)57-26-15-16-29-61(57)67-54(35-36-64(74)69(67)75)46-21-11-10-12-22-46;/h10-42,45H,1-9H3;/q-3;/i4D3,5D3,6D3;. The van der Waals surface area contributed by atoms with Gasteiger partial charge in [0.25, 0.3) is 0 Å². The van der Waals surface area contributed by atoms with Crippen molar-refractivity contribution in [3.05, 3.63) is 236 Å². The Morgan fingerprint density at radius 3 is 1.85 bits per heavy atom. The van der Waals surface area contributed by atoms with Crippen molar-refractivity contribution in [1.29, 1.82) is 0 Å². The van der Waals surface area contributed by atoms with Crippen molar-refractivity contribution in [2.24, 2.45) is 0 Å². The Morgan fingerprint density at radius 2 is 1.12 bits per heavy atom. The summed E-state index contributed by atoms with van der Waals surface area (Å²) in [5.41, 5.74) is 5.14. The third kappa shape index (κ3) is 8.70. The number of benzene rings is 9. The Balaban J connectivity index is 0.00000739. The van der Waals surface area contributed by atoms with E-state index in [1.165, 1.54) is 12.1 Å². The number of hydrogen-bond acceptors (Lipinski definition) is 3. The van der Waals surface area contributed by atoms with E-state index < -0.39 is 31.4 Å². The number of pyridine rings is 1. The van der Waals surface area contributed by atoms with Crippen LogP contribution in [0.3, 0.4) is 0 Å². The Hall–Kier alpha value is -8.11. The van der Waals surface area contributed by atoms with Crippen molar-refractivity contribution in [1.82, 2.24) is 14.1 Å². The van der Waals surface area contributed by atoms with Crippen LogP contribution in [-0.2, 0) is 37.3 Å². The van der Waals surface area contributed by atoms with Gasteiger partial charge >= 0.3 is 0 Å². The zero-order valence-corrected chi connectivity index (χ0v) is 46.4. The molecule has 388 valence electrons. The minimum atomic E-state index is -3.49. The Kier molecular flexibility index (Phi) is 10.1. The summed E-state index contributed by atoms with van der Waals surface area (Å²) in [6, 6.07) is 71.6. The van der Waals surface area contributed by atoms with Gasteiger partial charge in [0.15, 0.2) is 0 Å². The molecule has 0 bridgehead atoms. The van der Waals surface area contributed by atoms with Gasteiger partial charge in [-0.05, 0) is 135 Å². The van der Waals surface area contributed by atoms with Crippen LogP contribution < -0.4 is 9.64 Å². The largest absolute Gasteiger partial charge is 0.509 e. The van der Waals surface area contributed by atoms with Crippen LogP contribution in [0, 0.1) is 18.8 Å². The number of fused-ring (bicyclic) bond motifs is 10. The Morgan fingerprint density at radius 1 is 0.487 bits per heavy atom. The number of para-hydroxylation sites is 2. The molecule has 3 aromatic heterocycles. The molecule has 1 aliphatic rings. The molecule has 0 saturated carbocycles. The predicted molar refractivity (Wildman–Crippen MR) is 324 cm³/mol. The average Bonchev–Trinajstić information content (AvgIpc) is 1.34. The molecule has 0 N–H and O–H groups in total. The molecule has 0 spiro atoms. The first-order valence-corrected chi connectivity index (χ1v) is 26.1. The van der Waals surface area contributed by atoms with Gasteiger partial charge in [0, 0.05) is 62.3 Å². The molecule has 13 rings (SSSR count). The van der Waals surface area contributed by atoms with Gasteiger partial charge in [0.1, 0.15) is 5.82 Å². The van der Waals surface area contributed by atoms with E-state index in [9.17, 15) is 0 Å². The molecule has 0 radical (unpaired) electrons. The van der Waals surface area contributed by atoms with Gasteiger partial charge in [-0.3, -0.25) is 0 Å². The molecular weight excluding hydrogens is 1130 g/mol. The fraction of sp³-hybridized carbons (Fsp3) is 0.167. The Labute approximate surface area is 485 Å². The molecule has 0 saturated heterocycles. The summed E-state index contributed by atoms with van der Waals surface area (Å²) in [7, 11) is 0. The molecular formula is C72H61N4OPt-3. The Bertz CT molecular complexity index is 4740. The van der Waals surface area contributed by atoms with E-state index in [1.54, 1.807) is 0 Å². The first-order valence-electron chi connectivity index (χ1n) is 30.6. The fourth-order valence-electron chi connectivity index (χ4n) is 11.3. The zero-order chi connectivity index (χ0) is 60.5. The van der Waals surface area contributed by atoms with Gasteiger partial charge < -0.3 is 18.8 Å². The first kappa shape index (κ1) is 41.0. The second-order valence-corrected chi connectivity index (χ2v) is 22.3. The molecule has 4 heterocycles. The van der Waals surface area contributed by atoms with E-state index in [1.807, 2.05) is 119 Å². The molecule has 0 unspecified atom stereocenters. The van der Waals surface area contributed by atoms with Crippen LogP contribution in [0.1, 0.15) is 91.1 Å². The average molecular weight is 1200 g/mol. The summed E-state index contributed by atoms with van der Waals surface area (Å²) in [5.74, 6) is 1.70. The molecule has 0 atom stereocenters. The molecule has 1 aliphatic heterocycles. The van der Waals surface area contributed by atoms with Crippen molar-refractivity contribution in [2.45, 2.75) is 78.3 Å². The third-order valence-electron chi connectivity index (χ3n) is 15.1. The molecule has 0 amide bonds. The van der Waals surface area contributed by atoms with E-state index in [4.69, 9.17) is 22.1 Å². The van der Waals surface area contributed by atoms with Crippen LogP contribution in [0.5, 0.6) is 11.5 Å². The van der Waals surface area contributed by atoms with Crippen molar-refractivity contribution < 1.29 is 38.1 Å². The molecule has 9 aromatic carbocycles. The molecule has 12 aromatic rings. The number of hydrogen-bond donors (Lipinski definition) is 0. The van der Waals surface area contributed by atoms with E-state index in [-0.39, 0.29) is 32.0 Å². The van der Waals surface area contributed by atoms with Gasteiger partial charge in [0.2, 0.25) is 0 Å². The molecule has 6 heteroatoms. The summed E-state index contributed by atoms with van der Waals surface area (Å²) < 4.78 is 91.0. The smallest absolute Gasteiger partial charge is 0.135 e.